The van der Waals surface area contributed by atoms with E-state index in [0.29, 0.717) is 34.7 Å². The van der Waals surface area contributed by atoms with Gasteiger partial charge in [0.25, 0.3) is 0 Å². The molecule has 9 heteroatoms. The quantitative estimate of drug-likeness (QED) is 0.623. The molecule has 2 heterocycles. The Balaban J connectivity index is 1.92. The summed E-state index contributed by atoms with van der Waals surface area (Å²) < 4.78 is 37.0. The fourth-order valence-electron chi connectivity index (χ4n) is 3.57. The van der Waals surface area contributed by atoms with E-state index < -0.39 is 15.6 Å². The van der Waals surface area contributed by atoms with E-state index in [9.17, 15) is 18.3 Å². The minimum Gasteiger partial charge on any atom is -0.493 e. The number of nitrogens with zero attached hydrogens (tertiary/aromatic N) is 2. The van der Waals surface area contributed by atoms with Gasteiger partial charge in [0.1, 0.15) is 5.56 Å². The van der Waals surface area contributed by atoms with E-state index >= 15 is 0 Å². The molecule has 0 bridgehead atoms. The Morgan fingerprint density at radius 3 is 2.57 bits per heavy atom. The standard InChI is InChI=1S/C21H20N2O6S/c1-4-23-21(25)15(10-22-23)20(24)14-6-8-18(30(3,26)27)19(12(14)2)13-5-7-16-17(9-13)29-11-28-16/h5-10,25H,4,11H2,1-3H3. The highest BCUT2D eigenvalue weighted by Gasteiger charge is 2.26. The van der Waals surface area contributed by atoms with Crippen molar-refractivity contribution in [3.8, 4) is 28.5 Å². The average Bonchev–Trinajstić information content (AvgIpc) is 3.31. The number of fused-ring (bicyclic) bond motifs is 1. The van der Waals surface area contributed by atoms with Crippen LogP contribution in [0, 0.1) is 6.92 Å². The maximum absolute atomic E-state index is 13.1. The number of sulfone groups is 1. The lowest BCUT2D eigenvalue weighted by Crippen LogP contribution is -2.09. The molecule has 3 aromatic rings. The lowest BCUT2D eigenvalue weighted by molar-refractivity contribution is 0.103. The third kappa shape index (κ3) is 3.21. The second-order valence-electron chi connectivity index (χ2n) is 6.98. The van der Waals surface area contributed by atoms with E-state index in [1.54, 1.807) is 32.0 Å². The van der Waals surface area contributed by atoms with E-state index in [1.807, 2.05) is 0 Å². The lowest BCUT2D eigenvalue weighted by Gasteiger charge is -2.15. The van der Waals surface area contributed by atoms with Gasteiger partial charge in [0.2, 0.25) is 12.7 Å². The predicted molar refractivity (Wildman–Crippen MR) is 109 cm³/mol. The maximum atomic E-state index is 13.1. The molecule has 0 aliphatic carbocycles. The highest BCUT2D eigenvalue weighted by molar-refractivity contribution is 7.90. The van der Waals surface area contributed by atoms with Crippen molar-refractivity contribution < 1.29 is 27.8 Å². The van der Waals surface area contributed by atoms with Gasteiger partial charge in [-0.15, -0.1) is 0 Å². The molecule has 4 rings (SSSR count). The van der Waals surface area contributed by atoms with E-state index in [1.165, 1.54) is 23.0 Å². The number of rotatable bonds is 5. The van der Waals surface area contributed by atoms with E-state index in [2.05, 4.69) is 5.10 Å². The lowest BCUT2D eigenvalue weighted by atomic mass is 9.92. The van der Waals surface area contributed by atoms with Crippen LogP contribution in [0.5, 0.6) is 17.4 Å². The number of aromatic nitrogens is 2. The Bertz CT molecular complexity index is 1280. The molecule has 1 aliphatic heterocycles. The maximum Gasteiger partial charge on any atom is 0.231 e. The number of hydrogen-bond acceptors (Lipinski definition) is 7. The molecule has 1 aliphatic rings. The summed E-state index contributed by atoms with van der Waals surface area (Å²) in [5.74, 6) is 0.414. The van der Waals surface area contributed by atoms with Gasteiger partial charge in [-0.3, -0.25) is 4.79 Å². The minimum atomic E-state index is -3.58. The highest BCUT2D eigenvalue weighted by Crippen LogP contribution is 2.40. The second kappa shape index (κ2) is 7.17. The SMILES string of the molecule is CCn1ncc(C(=O)c2ccc(S(C)(=O)=O)c(-c3ccc4c(c3)OCO4)c2C)c1O. The first-order valence-electron chi connectivity index (χ1n) is 9.25. The van der Waals surface area contributed by atoms with Gasteiger partial charge in [0.05, 0.1) is 11.1 Å². The zero-order chi connectivity index (χ0) is 21.6. The van der Waals surface area contributed by atoms with Crippen LogP contribution < -0.4 is 9.47 Å². The Hall–Kier alpha value is -3.33. The number of benzene rings is 2. The van der Waals surface area contributed by atoms with Crippen LogP contribution in [-0.2, 0) is 16.4 Å². The van der Waals surface area contributed by atoms with Gasteiger partial charge < -0.3 is 14.6 Å². The van der Waals surface area contributed by atoms with Crippen molar-refractivity contribution in [3.63, 3.8) is 0 Å². The summed E-state index contributed by atoms with van der Waals surface area (Å²) in [6, 6.07) is 8.00. The normalized spacial score (nSPS) is 12.9. The number of aromatic hydroxyl groups is 1. The first-order valence-corrected chi connectivity index (χ1v) is 11.1. The zero-order valence-corrected chi connectivity index (χ0v) is 17.5. The van der Waals surface area contributed by atoms with Crippen LogP contribution in [0.25, 0.3) is 11.1 Å². The van der Waals surface area contributed by atoms with Gasteiger partial charge >= 0.3 is 0 Å². The van der Waals surface area contributed by atoms with Gasteiger partial charge in [-0.25, -0.2) is 13.1 Å². The van der Waals surface area contributed by atoms with E-state index in [4.69, 9.17) is 9.47 Å². The summed E-state index contributed by atoms with van der Waals surface area (Å²) in [5, 5.41) is 14.3. The Morgan fingerprint density at radius 1 is 1.17 bits per heavy atom. The molecule has 1 aromatic heterocycles. The molecule has 0 fully saturated rings. The molecule has 8 nitrogen and oxygen atoms in total. The zero-order valence-electron chi connectivity index (χ0n) is 16.7. The number of carbonyl (C=O) groups excluding carboxylic acids is 1. The number of carbonyl (C=O) groups is 1. The number of ether oxygens (including phenoxy) is 2. The topological polar surface area (TPSA) is 108 Å². The third-order valence-electron chi connectivity index (χ3n) is 5.09. The molecular formula is C21H20N2O6S. The number of aryl methyl sites for hydroxylation is 1. The summed E-state index contributed by atoms with van der Waals surface area (Å²) in [6.45, 7) is 3.98. The van der Waals surface area contributed by atoms with Gasteiger partial charge in [0, 0.05) is 23.9 Å². The molecular weight excluding hydrogens is 408 g/mol. The Kier molecular flexibility index (Phi) is 4.77. The molecule has 0 radical (unpaired) electrons. The first-order chi connectivity index (χ1) is 14.2. The van der Waals surface area contributed by atoms with Crippen molar-refractivity contribution in [1.82, 2.24) is 9.78 Å². The fraction of sp³-hybridized carbons (Fsp3) is 0.238. The predicted octanol–water partition coefficient (Wildman–Crippen LogP) is 2.95. The van der Waals surface area contributed by atoms with Gasteiger partial charge in [-0.05, 0) is 49.2 Å². The van der Waals surface area contributed by atoms with Crippen molar-refractivity contribution >= 4 is 15.6 Å². The van der Waals surface area contributed by atoms with Crippen molar-refractivity contribution in [1.29, 1.82) is 0 Å². The molecule has 0 atom stereocenters. The molecule has 1 N–H and O–H groups in total. The Morgan fingerprint density at radius 2 is 1.90 bits per heavy atom. The second-order valence-corrected chi connectivity index (χ2v) is 8.96. The first kappa shape index (κ1) is 20.0. The van der Waals surface area contributed by atoms with E-state index in [0.717, 1.165) is 6.26 Å². The fourth-order valence-corrected chi connectivity index (χ4v) is 4.53. The molecule has 2 aromatic carbocycles. The van der Waals surface area contributed by atoms with Crippen LogP contribution >= 0.6 is 0 Å². The summed E-state index contributed by atoms with van der Waals surface area (Å²) in [7, 11) is -3.58. The van der Waals surface area contributed by atoms with Crippen molar-refractivity contribution in [2.24, 2.45) is 0 Å². The highest BCUT2D eigenvalue weighted by atomic mass is 32.2. The van der Waals surface area contributed by atoms with Crippen LogP contribution in [0.3, 0.4) is 0 Å². The van der Waals surface area contributed by atoms with Crippen molar-refractivity contribution in [2.75, 3.05) is 13.0 Å². The molecule has 30 heavy (non-hydrogen) atoms. The van der Waals surface area contributed by atoms with Gasteiger partial charge in [0.15, 0.2) is 27.1 Å². The third-order valence-corrected chi connectivity index (χ3v) is 6.23. The van der Waals surface area contributed by atoms with Crippen LogP contribution in [0.1, 0.15) is 28.4 Å². The largest absolute Gasteiger partial charge is 0.493 e. The summed E-state index contributed by atoms with van der Waals surface area (Å²) in [6.07, 6.45) is 2.43. The van der Waals surface area contributed by atoms with Crippen LogP contribution in [0.4, 0.5) is 0 Å². The summed E-state index contributed by atoms with van der Waals surface area (Å²) in [4.78, 5) is 13.2. The molecule has 0 saturated carbocycles. The summed E-state index contributed by atoms with van der Waals surface area (Å²) >= 11 is 0. The van der Waals surface area contributed by atoms with Crippen LogP contribution in [0.2, 0.25) is 0 Å². The summed E-state index contributed by atoms with van der Waals surface area (Å²) in [5.41, 5.74) is 1.81. The smallest absolute Gasteiger partial charge is 0.231 e. The van der Waals surface area contributed by atoms with Gasteiger partial charge in [-0.1, -0.05) is 6.07 Å². The Labute approximate surface area is 173 Å². The molecule has 0 amide bonds. The number of hydrogen-bond donors (Lipinski definition) is 1. The van der Waals surface area contributed by atoms with Gasteiger partial charge in [-0.2, -0.15) is 5.10 Å². The molecule has 0 spiro atoms. The monoisotopic (exact) mass is 428 g/mol. The van der Waals surface area contributed by atoms with Crippen molar-refractivity contribution in [3.05, 3.63) is 53.2 Å². The molecule has 0 unspecified atom stereocenters. The number of ketones is 1. The molecule has 156 valence electrons. The van der Waals surface area contributed by atoms with Crippen molar-refractivity contribution in [2.45, 2.75) is 25.3 Å². The van der Waals surface area contributed by atoms with Crippen LogP contribution in [-0.4, -0.2) is 42.1 Å². The molecule has 0 saturated heterocycles. The van der Waals surface area contributed by atoms with Crippen LogP contribution in [0.15, 0.2) is 41.4 Å². The van der Waals surface area contributed by atoms with E-state index in [-0.39, 0.29) is 28.7 Å². The minimum absolute atomic E-state index is 0.0590. The average molecular weight is 428 g/mol.